The molecule has 0 bridgehead atoms. The lowest BCUT2D eigenvalue weighted by atomic mass is 9.91. The minimum absolute atomic E-state index is 0.151. The smallest absolute Gasteiger partial charge is 0.201 e. The van der Waals surface area contributed by atoms with Gasteiger partial charge in [-0.15, -0.1) is 0 Å². The van der Waals surface area contributed by atoms with Crippen molar-refractivity contribution in [3.05, 3.63) is 41.5 Å². The summed E-state index contributed by atoms with van der Waals surface area (Å²) in [5.41, 5.74) is 2.57. The van der Waals surface area contributed by atoms with Gasteiger partial charge in [-0.2, -0.15) is 0 Å². The van der Waals surface area contributed by atoms with E-state index in [4.69, 9.17) is 0 Å². The molecule has 1 aromatic carbocycles. The third-order valence-corrected chi connectivity index (χ3v) is 2.83. The Morgan fingerprint density at radius 2 is 1.94 bits per heavy atom. The topological polar surface area (TPSA) is 0 Å². The molecule has 0 radical (unpaired) electrons. The molecule has 1 rings (SSSR count). The summed E-state index contributed by atoms with van der Waals surface area (Å²) < 4.78 is 27.5. The number of hydrogen-bond acceptors (Lipinski definition) is 0. The summed E-state index contributed by atoms with van der Waals surface area (Å²) in [5, 5.41) is 0. The lowest BCUT2D eigenvalue weighted by molar-refractivity contribution is -0.00913. The Morgan fingerprint density at radius 3 is 2.38 bits per heavy atom. The largest absolute Gasteiger partial charge is 0.273 e. The zero-order valence-electron chi connectivity index (χ0n) is 10.1. The molecule has 0 saturated carbocycles. The van der Waals surface area contributed by atoms with Crippen LogP contribution in [0.1, 0.15) is 43.9 Å². The molecule has 0 unspecified atom stereocenters. The Bertz CT molecular complexity index is 392. The van der Waals surface area contributed by atoms with Crippen LogP contribution in [-0.2, 0) is 12.3 Å². The van der Waals surface area contributed by atoms with Crippen molar-refractivity contribution in [3.63, 3.8) is 0 Å². The van der Waals surface area contributed by atoms with Crippen LogP contribution in [0.3, 0.4) is 0 Å². The quantitative estimate of drug-likeness (QED) is 0.690. The highest BCUT2D eigenvalue weighted by atomic mass is 19.3. The molecule has 1 aromatic rings. The van der Waals surface area contributed by atoms with Crippen molar-refractivity contribution < 1.29 is 8.78 Å². The van der Waals surface area contributed by atoms with Crippen molar-refractivity contribution in [2.75, 3.05) is 0 Å². The molecule has 0 fully saturated rings. The number of allylic oxidation sites excluding steroid dienone is 1. The predicted octanol–water partition coefficient (Wildman–Crippen LogP) is 4.78. The summed E-state index contributed by atoms with van der Waals surface area (Å²) in [6.07, 6.45) is 0.438. The SMILES string of the molecule is C=C(C)c1cccc(C(F)(F)CC)c1CC. The van der Waals surface area contributed by atoms with E-state index in [-0.39, 0.29) is 12.0 Å². The minimum Gasteiger partial charge on any atom is -0.201 e. The van der Waals surface area contributed by atoms with E-state index < -0.39 is 5.92 Å². The van der Waals surface area contributed by atoms with Crippen LogP contribution in [0, 0.1) is 0 Å². The molecule has 0 heterocycles. The molecule has 0 N–H and O–H groups in total. The molecular weight excluding hydrogens is 206 g/mol. The third kappa shape index (κ3) is 2.31. The fourth-order valence-corrected chi connectivity index (χ4v) is 1.90. The van der Waals surface area contributed by atoms with Crippen LogP contribution in [0.5, 0.6) is 0 Å². The van der Waals surface area contributed by atoms with Gasteiger partial charge in [0.05, 0.1) is 0 Å². The first-order chi connectivity index (χ1) is 7.44. The van der Waals surface area contributed by atoms with Gasteiger partial charge >= 0.3 is 0 Å². The van der Waals surface area contributed by atoms with Crippen LogP contribution in [0.15, 0.2) is 24.8 Å². The lowest BCUT2D eigenvalue weighted by Gasteiger charge is -2.20. The van der Waals surface area contributed by atoms with Gasteiger partial charge in [0, 0.05) is 12.0 Å². The van der Waals surface area contributed by atoms with E-state index in [0.29, 0.717) is 6.42 Å². The van der Waals surface area contributed by atoms with Gasteiger partial charge in [-0.1, -0.05) is 44.2 Å². The second-order valence-electron chi connectivity index (χ2n) is 4.02. The fourth-order valence-electron chi connectivity index (χ4n) is 1.90. The van der Waals surface area contributed by atoms with E-state index in [1.54, 1.807) is 6.07 Å². The highest BCUT2D eigenvalue weighted by Crippen LogP contribution is 2.36. The molecule has 0 aromatic heterocycles. The van der Waals surface area contributed by atoms with Crippen molar-refractivity contribution in [1.82, 2.24) is 0 Å². The molecule has 0 aliphatic heterocycles. The number of hydrogen-bond donors (Lipinski definition) is 0. The zero-order valence-corrected chi connectivity index (χ0v) is 10.1. The molecule has 0 atom stereocenters. The van der Waals surface area contributed by atoms with Gasteiger partial charge in [-0.3, -0.25) is 0 Å². The third-order valence-electron chi connectivity index (χ3n) is 2.83. The first-order valence-electron chi connectivity index (χ1n) is 5.60. The van der Waals surface area contributed by atoms with E-state index in [2.05, 4.69) is 6.58 Å². The summed E-state index contributed by atoms with van der Waals surface area (Å²) in [6, 6.07) is 5.06. The van der Waals surface area contributed by atoms with Gasteiger partial charge in [-0.05, 0) is 24.5 Å². The predicted molar refractivity (Wildman–Crippen MR) is 64.7 cm³/mol. The van der Waals surface area contributed by atoms with Crippen LogP contribution in [0.25, 0.3) is 5.57 Å². The van der Waals surface area contributed by atoms with E-state index in [1.807, 2.05) is 19.9 Å². The van der Waals surface area contributed by atoms with Crippen molar-refractivity contribution in [2.45, 2.75) is 39.5 Å². The molecule has 2 heteroatoms. The van der Waals surface area contributed by atoms with Crippen LogP contribution < -0.4 is 0 Å². The molecule has 0 spiro atoms. The molecule has 0 amide bonds. The zero-order chi connectivity index (χ0) is 12.3. The second kappa shape index (κ2) is 4.77. The van der Waals surface area contributed by atoms with Crippen molar-refractivity contribution in [1.29, 1.82) is 0 Å². The highest BCUT2D eigenvalue weighted by molar-refractivity contribution is 5.66. The molecule has 0 saturated heterocycles. The summed E-state index contributed by atoms with van der Waals surface area (Å²) in [7, 11) is 0. The summed E-state index contributed by atoms with van der Waals surface area (Å²) in [4.78, 5) is 0. The first kappa shape index (κ1) is 12.9. The van der Waals surface area contributed by atoms with Gasteiger partial charge in [-0.25, -0.2) is 8.78 Å². The van der Waals surface area contributed by atoms with Crippen LogP contribution >= 0.6 is 0 Å². The number of halogens is 2. The molecule has 16 heavy (non-hydrogen) atoms. The Morgan fingerprint density at radius 1 is 1.31 bits per heavy atom. The first-order valence-corrected chi connectivity index (χ1v) is 5.60. The summed E-state index contributed by atoms with van der Waals surface area (Å²) in [5.74, 6) is -2.74. The molecule has 88 valence electrons. The maximum atomic E-state index is 13.7. The standard InChI is InChI=1S/C14H18F2/c1-5-11-12(10(3)4)8-7-9-13(11)14(15,16)6-2/h7-9H,3,5-6H2,1-2,4H3. The van der Waals surface area contributed by atoms with Crippen LogP contribution in [0.4, 0.5) is 8.78 Å². The molecular formula is C14H18F2. The maximum absolute atomic E-state index is 13.7. The summed E-state index contributed by atoms with van der Waals surface area (Å²) >= 11 is 0. The number of rotatable bonds is 4. The Kier molecular flexibility index (Phi) is 3.84. The van der Waals surface area contributed by atoms with E-state index in [0.717, 1.165) is 16.7 Å². The van der Waals surface area contributed by atoms with E-state index in [9.17, 15) is 8.78 Å². The van der Waals surface area contributed by atoms with Crippen molar-refractivity contribution in [2.24, 2.45) is 0 Å². The second-order valence-corrected chi connectivity index (χ2v) is 4.02. The molecule has 0 nitrogen and oxygen atoms in total. The number of benzene rings is 1. The van der Waals surface area contributed by atoms with E-state index in [1.165, 1.54) is 13.0 Å². The maximum Gasteiger partial charge on any atom is 0.273 e. The van der Waals surface area contributed by atoms with Gasteiger partial charge < -0.3 is 0 Å². The van der Waals surface area contributed by atoms with Crippen LogP contribution in [0.2, 0.25) is 0 Å². The average Bonchev–Trinajstić information content (AvgIpc) is 2.27. The Balaban J connectivity index is 3.41. The molecule has 0 aliphatic carbocycles. The van der Waals surface area contributed by atoms with Gasteiger partial charge in [0.1, 0.15) is 0 Å². The lowest BCUT2D eigenvalue weighted by Crippen LogP contribution is -2.15. The Hall–Kier alpha value is -1.18. The number of alkyl halides is 2. The van der Waals surface area contributed by atoms with Gasteiger partial charge in [0.2, 0.25) is 0 Å². The Labute approximate surface area is 96.0 Å². The van der Waals surface area contributed by atoms with Gasteiger partial charge in [0.15, 0.2) is 0 Å². The normalized spacial score (nSPS) is 11.6. The average molecular weight is 224 g/mol. The van der Waals surface area contributed by atoms with Crippen LogP contribution in [-0.4, -0.2) is 0 Å². The van der Waals surface area contributed by atoms with Crippen molar-refractivity contribution in [3.8, 4) is 0 Å². The van der Waals surface area contributed by atoms with Gasteiger partial charge in [0.25, 0.3) is 5.92 Å². The highest BCUT2D eigenvalue weighted by Gasteiger charge is 2.31. The van der Waals surface area contributed by atoms with E-state index >= 15 is 0 Å². The minimum atomic E-state index is -2.74. The molecule has 0 aliphatic rings. The fraction of sp³-hybridized carbons (Fsp3) is 0.429. The summed E-state index contributed by atoms with van der Waals surface area (Å²) in [6.45, 7) is 9.09. The monoisotopic (exact) mass is 224 g/mol. The van der Waals surface area contributed by atoms with Crippen molar-refractivity contribution >= 4 is 5.57 Å².